The van der Waals surface area contributed by atoms with Gasteiger partial charge in [0.15, 0.2) is 5.65 Å². The van der Waals surface area contributed by atoms with Gasteiger partial charge in [0.2, 0.25) is 0 Å². The molecule has 2 N–H and O–H groups in total. The van der Waals surface area contributed by atoms with E-state index in [1.807, 2.05) is 19.9 Å². The summed E-state index contributed by atoms with van der Waals surface area (Å²) in [6, 6.07) is 1.89. The van der Waals surface area contributed by atoms with Gasteiger partial charge in [0, 0.05) is 11.4 Å². The fourth-order valence-electron chi connectivity index (χ4n) is 1.44. The van der Waals surface area contributed by atoms with Gasteiger partial charge in [0.1, 0.15) is 5.56 Å². The minimum absolute atomic E-state index is 0.358. The van der Waals surface area contributed by atoms with Crippen LogP contribution < -0.4 is 5.73 Å². The van der Waals surface area contributed by atoms with Crippen LogP contribution in [0.3, 0.4) is 0 Å². The van der Waals surface area contributed by atoms with Crippen LogP contribution in [0.2, 0.25) is 0 Å². The van der Waals surface area contributed by atoms with E-state index in [0.29, 0.717) is 11.2 Å². The van der Waals surface area contributed by atoms with E-state index >= 15 is 0 Å². The van der Waals surface area contributed by atoms with E-state index in [1.54, 1.807) is 4.52 Å². The van der Waals surface area contributed by atoms with E-state index < -0.39 is 5.91 Å². The first-order valence-corrected chi connectivity index (χ1v) is 4.21. The number of aromatic nitrogens is 3. The van der Waals surface area contributed by atoms with Crippen LogP contribution in [0.25, 0.3) is 5.65 Å². The third-order valence-corrected chi connectivity index (χ3v) is 2.04. The highest BCUT2D eigenvalue weighted by molar-refractivity contribution is 5.98. The van der Waals surface area contributed by atoms with Crippen molar-refractivity contribution in [3.8, 4) is 0 Å². The van der Waals surface area contributed by atoms with Gasteiger partial charge in [-0.25, -0.2) is 9.50 Å². The molecule has 0 radical (unpaired) electrons. The lowest BCUT2D eigenvalue weighted by Crippen LogP contribution is -2.11. The summed E-state index contributed by atoms with van der Waals surface area (Å²) in [5.74, 6) is -0.502. The molecule has 0 unspecified atom stereocenters. The van der Waals surface area contributed by atoms with Gasteiger partial charge in [0.25, 0.3) is 5.91 Å². The van der Waals surface area contributed by atoms with E-state index in [0.717, 1.165) is 11.4 Å². The zero-order valence-electron chi connectivity index (χ0n) is 7.98. The third-order valence-electron chi connectivity index (χ3n) is 2.04. The number of rotatable bonds is 1. The fraction of sp³-hybridized carbons (Fsp3) is 0.222. The van der Waals surface area contributed by atoms with Crippen LogP contribution in [0.5, 0.6) is 0 Å². The highest BCUT2D eigenvalue weighted by Crippen LogP contribution is 2.10. The lowest BCUT2D eigenvalue weighted by atomic mass is 10.3. The Kier molecular flexibility index (Phi) is 1.73. The molecule has 0 atom stereocenters. The first kappa shape index (κ1) is 8.68. The molecule has 14 heavy (non-hydrogen) atoms. The standard InChI is InChI=1S/C9H10N4O/c1-5-3-6(2)13-9(12-5)7(4-11-13)8(10)14/h3-4H,1-2H3,(H2,10,14). The van der Waals surface area contributed by atoms with E-state index in [9.17, 15) is 4.79 Å². The molecule has 0 bridgehead atoms. The van der Waals surface area contributed by atoms with Crippen LogP contribution in [0.1, 0.15) is 21.7 Å². The highest BCUT2D eigenvalue weighted by atomic mass is 16.1. The number of carbonyl (C=O) groups is 1. The van der Waals surface area contributed by atoms with Crippen LogP contribution >= 0.6 is 0 Å². The maximum atomic E-state index is 11.0. The van der Waals surface area contributed by atoms with Gasteiger partial charge in [-0.15, -0.1) is 0 Å². The zero-order valence-corrected chi connectivity index (χ0v) is 7.98. The summed E-state index contributed by atoms with van der Waals surface area (Å²) in [6.07, 6.45) is 1.44. The molecule has 2 aromatic rings. The summed E-state index contributed by atoms with van der Waals surface area (Å²) < 4.78 is 1.60. The fourth-order valence-corrected chi connectivity index (χ4v) is 1.44. The van der Waals surface area contributed by atoms with Crippen LogP contribution in [0.15, 0.2) is 12.3 Å². The predicted octanol–water partition coefficient (Wildman–Crippen LogP) is 0.445. The zero-order chi connectivity index (χ0) is 10.3. The molecular formula is C9H10N4O. The number of hydrogen-bond donors (Lipinski definition) is 1. The Balaban J connectivity index is 2.85. The Bertz CT molecular complexity index is 515. The average Bonchev–Trinajstić information content (AvgIpc) is 2.47. The second-order valence-electron chi connectivity index (χ2n) is 3.20. The number of carbonyl (C=O) groups excluding carboxylic acids is 1. The summed E-state index contributed by atoms with van der Waals surface area (Å²) in [5.41, 5.74) is 7.85. The van der Waals surface area contributed by atoms with Gasteiger partial charge < -0.3 is 5.73 Å². The van der Waals surface area contributed by atoms with Crippen molar-refractivity contribution in [2.75, 3.05) is 0 Å². The summed E-state index contributed by atoms with van der Waals surface area (Å²) in [6.45, 7) is 3.77. The first-order valence-electron chi connectivity index (χ1n) is 4.21. The average molecular weight is 190 g/mol. The largest absolute Gasteiger partial charge is 0.365 e. The second-order valence-corrected chi connectivity index (χ2v) is 3.20. The number of hydrogen-bond acceptors (Lipinski definition) is 3. The molecule has 0 aliphatic rings. The van der Waals surface area contributed by atoms with Gasteiger partial charge in [-0.05, 0) is 19.9 Å². The van der Waals surface area contributed by atoms with Crippen molar-refractivity contribution < 1.29 is 4.79 Å². The molecule has 2 heterocycles. The maximum Gasteiger partial charge on any atom is 0.254 e. The summed E-state index contributed by atoms with van der Waals surface area (Å²) in [7, 11) is 0. The molecule has 72 valence electrons. The van der Waals surface area contributed by atoms with Crippen molar-refractivity contribution in [3.63, 3.8) is 0 Å². The van der Waals surface area contributed by atoms with Gasteiger partial charge in [-0.3, -0.25) is 4.79 Å². The Morgan fingerprint density at radius 3 is 2.86 bits per heavy atom. The molecule has 0 spiro atoms. The number of primary amides is 1. The number of amides is 1. The molecule has 1 amide bonds. The number of fused-ring (bicyclic) bond motifs is 1. The van der Waals surface area contributed by atoms with Crippen LogP contribution in [0, 0.1) is 13.8 Å². The quantitative estimate of drug-likeness (QED) is 0.709. The molecule has 0 aromatic carbocycles. The van der Waals surface area contributed by atoms with E-state index in [-0.39, 0.29) is 0 Å². The normalized spacial score (nSPS) is 10.7. The summed E-state index contributed by atoms with van der Waals surface area (Å²) >= 11 is 0. The molecule has 0 fully saturated rings. The Morgan fingerprint density at radius 2 is 2.21 bits per heavy atom. The molecule has 5 heteroatoms. The van der Waals surface area contributed by atoms with Crippen LogP contribution in [0.4, 0.5) is 0 Å². The lowest BCUT2D eigenvalue weighted by Gasteiger charge is -2.00. The van der Waals surface area contributed by atoms with Crippen molar-refractivity contribution in [3.05, 3.63) is 29.2 Å². The van der Waals surface area contributed by atoms with Gasteiger partial charge in [-0.1, -0.05) is 0 Å². The Labute approximate surface area is 80.6 Å². The Morgan fingerprint density at radius 1 is 1.50 bits per heavy atom. The monoisotopic (exact) mass is 190 g/mol. The van der Waals surface area contributed by atoms with E-state index in [4.69, 9.17) is 5.73 Å². The molecule has 0 saturated carbocycles. The molecule has 5 nitrogen and oxygen atoms in total. The summed E-state index contributed by atoms with van der Waals surface area (Å²) in [5, 5.41) is 4.03. The topological polar surface area (TPSA) is 73.3 Å². The molecular weight excluding hydrogens is 180 g/mol. The Hall–Kier alpha value is -1.91. The molecule has 2 rings (SSSR count). The molecule has 0 saturated heterocycles. The first-order chi connectivity index (χ1) is 6.59. The molecule has 0 aliphatic heterocycles. The van der Waals surface area contributed by atoms with Crippen LogP contribution in [-0.4, -0.2) is 20.5 Å². The smallest absolute Gasteiger partial charge is 0.254 e. The van der Waals surface area contributed by atoms with E-state index in [2.05, 4.69) is 10.1 Å². The third kappa shape index (κ3) is 1.14. The number of aryl methyl sites for hydroxylation is 2. The summed E-state index contributed by atoms with van der Waals surface area (Å²) in [4.78, 5) is 15.2. The molecule has 0 aliphatic carbocycles. The second kappa shape index (κ2) is 2.80. The molecule has 2 aromatic heterocycles. The van der Waals surface area contributed by atoms with Crippen molar-refractivity contribution in [2.24, 2.45) is 5.73 Å². The maximum absolute atomic E-state index is 11.0. The van der Waals surface area contributed by atoms with Crippen molar-refractivity contribution in [2.45, 2.75) is 13.8 Å². The van der Waals surface area contributed by atoms with Gasteiger partial charge >= 0.3 is 0 Å². The van der Waals surface area contributed by atoms with Gasteiger partial charge in [0.05, 0.1) is 6.20 Å². The van der Waals surface area contributed by atoms with Crippen molar-refractivity contribution in [1.82, 2.24) is 14.6 Å². The number of nitrogens with zero attached hydrogens (tertiary/aromatic N) is 3. The highest BCUT2D eigenvalue weighted by Gasteiger charge is 2.11. The SMILES string of the molecule is Cc1cc(C)n2ncc(C(N)=O)c2n1. The number of nitrogens with two attached hydrogens (primary N) is 1. The predicted molar refractivity (Wildman–Crippen MR) is 51.0 cm³/mol. The minimum Gasteiger partial charge on any atom is -0.365 e. The van der Waals surface area contributed by atoms with Crippen molar-refractivity contribution in [1.29, 1.82) is 0 Å². The van der Waals surface area contributed by atoms with E-state index in [1.165, 1.54) is 6.20 Å². The van der Waals surface area contributed by atoms with Crippen molar-refractivity contribution >= 4 is 11.6 Å². The van der Waals surface area contributed by atoms with Gasteiger partial charge in [-0.2, -0.15) is 5.10 Å². The van der Waals surface area contributed by atoms with Crippen LogP contribution in [-0.2, 0) is 0 Å². The lowest BCUT2D eigenvalue weighted by molar-refractivity contribution is 0.100. The minimum atomic E-state index is -0.502.